The zero-order valence-corrected chi connectivity index (χ0v) is 23.6. The van der Waals surface area contributed by atoms with E-state index in [1.54, 1.807) is 20.6 Å². The van der Waals surface area contributed by atoms with E-state index in [-0.39, 0.29) is 24.8 Å². The third-order valence-electron chi connectivity index (χ3n) is 7.57. The van der Waals surface area contributed by atoms with E-state index < -0.39 is 17.4 Å². The van der Waals surface area contributed by atoms with Crippen LogP contribution in [0, 0.1) is 0 Å². The second kappa shape index (κ2) is 11.2. The van der Waals surface area contributed by atoms with Crippen molar-refractivity contribution < 1.29 is 42.2 Å². The van der Waals surface area contributed by atoms with Crippen LogP contribution in [0.15, 0.2) is 52.4 Å². The first-order chi connectivity index (χ1) is 15.0. The molecule has 0 amide bonds. The zero-order valence-electron chi connectivity index (χ0n) is 20.5. The first-order valence-corrected chi connectivity index (χ1v) is 14.8. The minimum atomic E-state index is -1.68. The molecule has 0 unspecified atom stereocenters. The van der Waals surface area contributed by atoms with Crippen molar-refractivity contribution in [2.75, 3.05) is 0 Å². The molecule has 0 aliphatic heterocycles. The number of benzene rings is 2. The molecule has 0 nitrogen and oxygen atoms in total. The molecule has 2 aromatic carbocycles. The van der Waals surface area contributed by atoms with Crippen LogP contribution in [-0.4, -0.2) is 3.81 Å². The molecule has 174 valence electrons. The molecule has 3 aliphatic carbocycles. The van der Waals surface area contributed by atoms with E-state index in [9.17, 15) is 0 Å². The minimum absolute atomic E-state index is 0. The molecule has 3 heteroatoms. The van der Waals surface area contributed by atoms with Crippen molar-refractivity contribution in [2.45, 2.75) is 84.5 Å². The van der Waals surface area contributed by atoms with E-state index in [0.29, 0.717) is 11.8 Å². The molecule has 0 radical (unpaired) electrons. The molecular formula is C30H36Cl2Ti. The van der Waals surface area contributed by atoms with Crippen molar-refractivity contribution >= 4 is 7.68 Å². The number of rotatable bonds is 4. The molecule has 2 aromatic rings. The van der Waals surface area contributed by atoms with Crippen molar-refractivity contribution in [1.29, 1.82) is 0 Å². The predicted molar refractivity (Wildman–Crippen MR) is 132 cm³/mol. The van der Waals surface area contributed by atoms with E-state index in [2.05, 4.69) is 76.3 Å². The van der Waals surface area contributed by atoms with Crippen LogP contribution in [0.5, 0.6) is 0 Å². The van der Waals surface area contributed by atoms with Crippen LogP contribution >= 0.6 is 0 Å². The van der Waals surface area contributed by atoms with Crippen molar-refractivity contribution in [3.63, 3.8) is 0 Å². The fraction of sp³-hybridized carbons (Fsp3) is 0.433. The summed E-state index contributed by atoms with van der Waals surface area (Å²) in [5, 5.41) is 0. The number of hydrogen-bond donors (Lipinski definition) is 0. The fourth-order valence-electron chi connectivity index (χ4n) is 5.88. The molecule has 0 spiro atoms. The van der Waals surface area contributed by atoms with Gasteiger partial charge in [0.05, 0.1) is 0 Å². The molecule has 0 aromatic heterocycles. The Morgan fingerprint density at radius 3 is 2.18 bits per heavy atom. The normalized spacial score (nSPS) is 16.0. The Kier molecular flexibility index (Phi) is 9.07. The van der Waals surface area contributed by atoms with Gasteiger partial charge in [0, 0.05) is 0 Å². The molecule has 33 heavy (non-hydrogen) atoms. The SMILES string of the molecule is CC(C)c1ccc2c(c1)Cc1c-2ccc(C(C)C)[c]1[Ti+2]([C]1=CC=CC1)=[C]1CCCCC1.[Cl-].[Cl-]. The molecule has 0 atom stereocenters. The van der Waals surface area contributed by atoms with Crippen LogP contribution in [0.4, 0.5) is 0 Å². The summed E-state index contributed by atoms with van der Waals surface area (Å²) in [6.07, 6.45) is 16.6. The molecule has 0 saturated heterocycles. The maximum atomic E-state index is 2.50. The zero-order chi connectivity index (χ0) is 21.5. The summed E-state index contributed by atoms with van der Waals surface area (Å²) in [6, 6.07) is 12.2. The van der Waals surface area contributed by atoms with Crippen LogP contribution in [0.2, 0.25) is 0 Å². The van der Waals surface area contributed by atoms with Crippen LogP contribution in [0.1, 0.15) is 100 Å². The molecule has 1 fully saturated rings. The molecule has 0 N–H and O–H groups in total. The summed E-state index contributed by atoms with van der Waals surface area (Å²) in [7, 11) is 0. The fourth-order valence-corrected chi connectivity index (χ4v) is 11.7. The second-order valence-corrected chi connectivity index (χ2v) is 14.4. The predicted octanol–water partition coefficient (Wildman–Crippen LogP) is 1.74. The van der Waals surface area contributed by atoms with Crippen molar-refractivity contribution in [1.82, 2.24) is 0 Å². The van der Waals surface area contributed by atoms with E-state index in [0.717, 1.165) is 6.42 Å². The number of halogens is 2. The van der Waals surface area contributed by atoms with Crippen LogP contribution < -0.4 is 28.7 Å². The first-order valence-electron chi connectivity index (χ1n) is 12.4. The topological polar surface area (TPSA) is 0 Å². The van der Waals surface area contributed by atoms with Crippen LogP contribution in [-0.2, 0) is 23.8 Å². The van der Waals surface area contributed by atoms with Crippen LogP contribution in [0.25, 0.3) is 11.1 Å². The van der Waals surface area contributed by atoms with Crippen molar-refractivity contribution in [3.05, 3.63) is 74.7 Å². The van der Waals surface area contributed by atoms with Gasteiger partial charge in [0.15, 0.2) is 0 Å². The van der Waals surface area contributed by atoms with Gasteiger partial charge in [-0.1, -0.05) is 0 Å². The molecular weight excluding hydrogens is 479 g/mol. The Morgan fingerprint density at radius 1 is 0.818 bits per heavy atom. The quantitative estimate of drug-likeness (QED) is 0.465. The summed E-state index contributed by atoms with van der Waals surface area (Å²) in [5.74, 6) is 1.19. The maximum absolute atomic E-state index is 2.50. The third-order valence-corrected chi connectivity index (χ3v) is 12.7. The maximum Gasteiger partial charge on any atom is -1.00 e. The smallest absolute Gasteiger partial charge is 1.00 e. The van der Waals surface area contributed by atoms with Gasteiger partial charge >= 0.3 is 195 Å². The Bertz CT molecular complexity index is 1110. The Balaban J connectivity index is 0.00000153. The van der Waals surface area contributed by atoms with E-state index in [4.69, 9.17) is 0 Å². The van der Waals surface area contributed by atoms with Gasteiger partial charge in [0.1, 0.15) is 0 Å². The van der Waals surface area contributed by atoms with Gasteiger partial charge in [-0.3, -0.25) is 0 Å². The number of hydrogen-bond acceptors (Lipinski definition) is 0. The van der Waals surface area contributed by atoms with E-state index >= 15 is 0 Å². The largest absolute Gasteiger partial charge is 1.00 e. The Hall–Kier alpha value is -0.916. The Morgan fingerprint density at radius 2 is 1.55 bits per heavy atom. The second-order valence-electron chi connectivity index (χ2n) is 10.3. The summed E-state index contributed by atoms with van der Waals surface area (Å²) in [4.78, 5) is 0. The van der Waals surface area contributed by atoms with Gasteiger partial charge in [-0.25, -0.2) is 0 Å². The molecule has 5 rings (SSSR count). The van der Waals surface area contributed by atoms with Crippen molar-refractivity contribution in [2.24, 2.45) is 0 Å². The van der Waals surface area contributed by atoms with Crippen molar-refractivity contribution in [3.8, 4) is 11.1 Å². The van der Waals surface area contributed by atoms with Gasteiger partial charge in [-0.05, 0) is 0 Å². The van der Waals surface area contributed by atoms with Gasteiger partial charge < -0.3 is 24.8 Å². The standard InChI is InChI=1S/C19H21.C6H10.C5H5.2ClH.Ti/c1-12(2)14-5-7-18-16(9-14)11-17-10-15(13(3)4)6-8-19(17)18;1-2-4-6-5-3-1;1-2-4-5-3-1;;;/h5-9,12-13H,11H2,1-4H3;1-5H2;1-3H,4H2;2*1H;/q;;;;;+2/p-2. The number of allylic oxidation sites excluding steroid dienone is 4. The van der Waals surface area contributed by atoms with Gasteiger partial charge in [0.2, 0.25) is 0 Å². The number of fused-ring (bicyclic) bond motifs is 3. The van der Waals surface area contributed by atoms with Gasteiger partial charge in [0.25, 0.3) is 0 Å². The van der Waals surface area contributed by atoms with E-state index in [1.165, 1.54) is 55.2 Å². The van der Waals surface area contributed by atoms with E-state index in [1.807, 2.05) is 7.68 Å². The Labute approximate surface area is 219 Å². The van der Waals surface area contributed by atoms with Gasteiger partial charge in [-0.15, -0.1) is 0 Å². The minimum Gasteiger partial charge on any atom is -1.00 e. The average Bonchev–Trinajstić information content (AvgIpc) is 3.42. The molecule has 0 bridgehead atoms. The summed E-state index contributed by atoms with van der Waals surface area (Å²) >= 11 is -1.68. The first kappa shape index (κ1) is 26.7. The molecule has 0 heterocycles. The molecule has 1 saturated carbocycles. The summed E-state index contributed by atoms with van der Waals surface area (Å²) in [6.45, 7) is 9.45. The third kappa shape index (κ3) is 5.06. The monoisotopic (exact) mass is 514 g/mol. The van der Waals surface area contributed by atoms with Gasteiger partial charge in [-0.2, -0.15) is 0 Å². The molecule has 3 aliphatic rings. The van der Waals surface area contributed by atoms with Crippen LogP contribution in [0.3, 0.4) is 0 Å². The summed E-state index contributed by atoms with van der Waals surface area (Å²) < 4.78 is 5.60. The summed E-state index contributed by atoms with van der Waals surface area (Å²) in [5.41, 5.74) is 9.43. The average molecular weight is 515 g/mol.